The third kappa shape index (κ3) is 2.07. The van der Waals surface area contributed by atoms with Gasteiger partial charge in [-0.05, 0) is 11.5 Å². The minimum Gasteiger partial charge on any atom is -0.252 e. The highest BCUT2D eigenvalue weighted by atomic mass is 14.9. The summed E-state index contributed by atoms with van der Waals surface area (Å²) in [5.74, 6) is 2.56. The summed E-state index contributed by atoms with van der Waals surface area (Å²) in [6, 6.07) is 5.79. The van der Waals surface area contributed by atoms with Crippen LogP contribution in [-0.2, 0) is 0 Å². The van der Waals surface area contributed by atoms with Gasteiger partial charge in [0, 0.05) is 12.1 Å². The first kappa shape index (κ1) is 10.2. The van der Waals surface area contributed by atoms with Crippen molar-refractivity contribution < 1.29 is 4.57 Å². The molecule has 1 rings (SSSR count). The average molecular weight is 186 g/mol. The number of hydrogen-bond acceptors (Lipinski definition) is 2. The predicted octanol–water partition coefficient (Wildman–Crippen LogP) is 1.71. The summed E-state index contributed by atoms with van der Waals surface area (Å²) in [4.78, 5) is 0. The van der Waals surface area contributed by atoms with Crippen LogP contribution in [-0.4, -0.2) is 5.87 Å². The minimum absolute atomic E-state index is 0.195. The van der Waals surface area contributed by atoms with E-state index in [1.54, 1.807) is 17.0 Å². The van der Waals surface area contributed by atoms with Gasteiger partial charge in [-0.25, -0.2) is 0 Å². The highest BCUT2D eigenvalue weighted by Gasteiger charge is 2.08. The molecular formula is C11H12N3+. The maximum absolute atomic E-state index is 8.67. The van der Waals surface area contributed by atoms with E-state index in [0.29, 0.717) is 5.92 Å². The molecule has 1 aromatic rings. The van der Waals surface area contributed by atoms with Crippen molar-refractivity contribution in [3.63, 3.8) is 0 Å². The van der Waals surface area contributed by atoms with Gasteiger partial charge in [-0.3, -0.25) is 5.41 Å². The van der Waals surface area contributed by atoms with Gasteiger partial charge in [0.15, 0.2) is 18.5 Å². The topological polar surface area (TPSA) is 51.5 Å². The molecule has 1 N–H and O–H groups in total. The minimum atomic E-state index is 0.195. The second-order valence-corrected chi connectivity index (χ2v) is 3.28. The number of rotatable bonds is 2. The molecule has 0 aliphatic carbocycles. The van der Waals surface area contributed by atoms with E-state index >= 15 is 0 Å². The fourth-order valence-electron chi connectivity index (χ4n) is 1.12. The van der Waals surface area contributed by atoms with Crippen LogP contribution in [0.2, 0.25) is 0 Å². The Hall–Kier alpha value is -1.91. The Kier molecular flexibility index (Phi) is 3.17. The molecule has 0 bridgehead atoms. The van der Waals surface area contributed by atoms with Gasteiger partial charge < -0.3 is 0 Å². The maximum atomic E-state index is 8.67. The highest BCUT2D eigenvalue weighted by Crippen LogP contribution is 2.10. The van der Waals surface area contributed by atoms with E-state index in [-0.39, 0.29) is 5.70 Å². The lowest BCUT2D eigenvalue weighted by Gasteiger charge is -2.01. The zero-order valence-electron chi connectivity index (χ0n) is 8.28. The van der Waals surface area contributed by atoms with E-state index in [9.17, 15) is 0 Å². The Balaban J connectivity index is 3.07. The van der Waals surface area contributed by atoms with E-state index in [1.165, 1.54) is 5.56 Å². The molecule has 0 radical (unpaired) electrons. The van der Waals surface area contributed by atoms with E-state index in [2.05, 4.69) is 19.7 Å². The summed E-state index contributed by atoms with van der Waals surface area (Å²) in [6.07, 6.45) is 3.55. The van der Waals surface area contributed by atoms with Gasteiger partial charge in [0.25, 0.3) is 0 Å². The summed E-state index contributed by atoms with van der Waals surface area (Å²) in [6.45, 7) is 4.22. The van der Waals surface area contributed by atoms with E-state index < -0.39 is 0 Å². The van der Waals surface area contributed by atoms with Gasteiger partial charge in [0.2, 0.25) is 0 Å². The Morgan fingerprint density at radius 3 is 2.36 bits per heavy atom. The molecule has 0 saturated carbocycles. The summed E-state index contributed by atoms with van der Waals surface area (Å²) < 4.78 is 1.58. The number of hydrogen-bond donors (Lipinski definition) is 1. The van der Waals surface area contributed by atoms with Gasteiger partial charge in [-0.2, -0.15) is 5.26 Å². The second kappa shape index (κ2) is 4.36. The van der Waals surface area contributed by atoms with Crippen molar-refractivity contribution in [1.29, 1.82) is 10.7 Å². The Morgan fingerprint density at radius 2 is 2.00 bits per heavy atom. The van der Waals surface area contributed by atoms with Crippen LogP contribution in [0.3, 0.4) is 0 Å². The lowest BCUT2D eigenvalue weighted by Crippen LogP contribution is -2.30. The summed E-state index contributed by atoms with van der Waals surface area (Å²) in [5, 5.41) is 15.6. The van der Waals surface area contributed by atoms with E-state index in [0.717, 1.165) is 0 Å². The molecule has 0 fully saturated rings. The van der Waals surface area contributed by atoms with E-state index in [1.807, 2.05) is 18.2 Å². The number of aromatic nitrogens is 1. The molecule has 0 aliphatic heterocycles. The van der Waals surface area contributed by atoms with E-state index in [4.69, 9.17) is 10.7 Å². The lowest BCUT2D eigenvalue weighted by atomic mass is 10.1. The third-order valence-corrected chi connectivity index (χ3v) is 2.00. The molecule has 0 aliphatic rings. The normalized spacial score (nSPS) is 9.29. The smallest absolute Gasteiger partial charge is 0.252 e. The van der Waals surface area contributed by atoms with Crippen LogP contribution in [0, 0.1) is 16.7 Å². The van der Waals surface area contributed by atoms with Gasteiger partial charge >= 0.3 is 5.70 Å². The van der Waals surface area contributed by atoms with Crippen molar-refractivity contribution in [3.05, 3.63) is 30.1 Å². The Morgan fingerprint density at radius 1 is 1.43 bits per heavy atom. The monoisotopic (exact) mass is 186 g/mol. The molecule has 70 valence electrons. The van der Waals surface area contributed by atoms with Crippen molar-refractivity contribution in [2.24, 2.45) is 0 Å². The molecule has 0 spiro atoms. The lowest BCUT2D eigenvalue weighted by molar-refractivity contribution is -0.576. The summed E-state index contributed by atoms with van der Waals surface area (Å²) in [5.41, 5.74) is 1.41. The van der Waals surface area contributed by atoms with Crippen molar-refractivity contribution >= 4 is 11.6 Å². The maximum Gasteiger partial charge on any atom is 0.351 e. The SMILES string of the molecule is CC(C)c1cc[n+](C(=C=N)C#N)cc1. The van der Waals surface area contributed by atoms with Gasteiger partial charge in [0.05, 0.1) is 5.87 Å². The Labute approximate surface area is 83.4 Å². The fraction of sp³-hybridized carbons (Fsp3) is 0.273. The van der Waals surface area contributed by atoms with Gasteiger partial charge in [-0.1, -0.05) is 13.8 Å². The van der Waals surface area contributed by atoms with Crippen molar-refractivity contribution in [3.8, 4) is 6.07 Å². The quantitative estimate of drug-likeness (QED) is 0.426. The number of nitriles is 1. The molecule has 0 unspecified atom stereocenters. The molecule has 0 aromatic carbocycles. The molecule has 3 nitrogen and oxygen atoms in total. The first-order valence-corrected chi connectivity index (χ1v) is 4.40. The highest BCUT2D eigenvalue weighted by molar-refractivity contribution is 5.80. The molecule has 1 aromatic heterocycles. The summed E-state index contributed by atoms with van der Waals surface area (Å²) >= 11 is 0. The molecule has 1 heterocycles. The standard InChI is InChI=1S/C11H12N3/c1-9(2)10-3-5-14(6-4-10)11(7-12)8-13/h3-6,9,12H,1-2H3/q+1. The molecule has 0 atom stereocenters. The molecular weight excluding hydrogens is 174 g/mol. The largest absolute Gasteiger partial charge is 0.351 e. The Bertz CT molecular complexity index is 403. The third-order valence-electron chi connectivity index (χ3n) is 2.00. The van der Waals surface area contributed by atoms with Crippen LogP contribution >= 0.6 is 0 Å². The van der Waals surface area contributed by atoms with Gasteiger partial charge in [0.1, 0.15) is 0 Å². The molecule has 3 heteroatoms. The number of nitrogens with zero attached hydrogens (tertiary/aromatic N) is 2. The zero-order valence-corrected chi connectivity index (χ0v) is 8.28. The van der Waals surface area contributed by atoms with Crippen LogP contribution in [0.15, 0.2) is 24.5 Å². The number of allylic oxidation sites excluding steroid dienone is 1. The first-order chi connectivity index (χ1) is 6.69. The number of pyridine rings is 1. The van der Waals surface area contributed by atoms with Crippen molar-refractivity contribution in [1.82, 2.24) is 0 Å². The summed E-state index contributed by atoms with van der Waals surface area (Å²) in [7, 11) is 0. The van der Waals surface area contributed by atoms with Crippen LogP contribution in [0.25, 0.3) is 5.70 Å². The van der Waals surface area contributed by atoms with Crippen molar-refractivity contribution in [2.75, 3.05) is 0 Å². The van der Waals surface area contributed by atoms with Crippen LogP contribution in [0.1, 0.15) is 25.3 Å². The van der Waals surface area contributed by atoms with Crippen LogP contribution < -0.4 is 4.57 Å². The van der Waals surface area contributed by atoms with Crippen molar-refractivity contribution in [2.45, 2.75) is 19.8 Å². The predicted molar refractivity (Wildman–Crippen MR) is 53.8 cm³/mol. The number of nitrogens with one attached hydrogen (secondary N) is 1. The fourth-order valence-corrected chi connectivity index (χ4v) is 1.12. The molecule has 0 saturated heterocycles. The molecule has 14 heavy (non-hydrogen) atoms. The first-order valence-electron chi connectivity index (χ1n) is 4.40. The van der Waals surface area contributed by atoms with Crippen LogP contribution in [0.5, 0.6) is 0 Å². The zero-order chi connectivity index (χ0) is 10.6. The van der Waals surface area contributed by atoms with Crippen LogP contribution in [0.4, 0.5) is 0 Å². The second-order valence-electron chi connectivity index (χ2n) is 3.28. The van der Waals surface area contributed by atoms with Gasteiger partial charge in [-0.15, -0.1) is 4.57 Å². The molecule has 0 amide bonds. The average Bonchev–Trinajstić information content (AvgIpc) is 2.20.